The third-order valence-corrected chi connectivity index (χ3v) is 9.17. The molecule has 0 aromatic rings. The van der Waals surface area contributed by atoms with E-state index in [1.165, 1.54) is 12.8 Å². The molecule has 3 unspecified atom stereocenters. The Morgan fingerprint density at radius 3 is 2.40 bits per heavy atom. The largest absolute Gasteiger partial charge is 0.393 e. The van der Waals surface area contributed by atoms with E-state index >= 15 is 0 Å². The monoisotopic (exact) mass is 350 g/mol. The highest BCUT2D eigenvalue weighted by Crippen LogP contribution is 2.67. The molecule has 0 aromatic carbocycles. The van der Waals surface area contributed by atoms with E-state index in [1.54, 1.807) is 0 Å². The number of hydrogen-bond donors (Lipinski definition) is 3. The van der Waals surface area contributed by atoms with Crippen molar-refractivity contribution < 1.29 is 20.1 Å². The predicted octanol–water partition coefficient (Wildman–Crippen LogP) is 2.54. The average Bonchev–Trinajstić information content (AvgIpc) is 2.85. The smallest absolute Gasteiger partial charge is 0.164 e. The van der Waals surface area contributed by atoms with E-state index in [9.17, 15) is 20.1 Å². The fourth-order valence-corrected chi connectivity index (χ4v) is 7.93. The number of fused-ring (bicyclic) bond motifs is 5. The fraction of sp³-hybridized carbons (Fsp3) is 0.952. The van der Waals surface area contributed by atoms with Gasteiger partial charge in [-0.15, -0.1) is 0 Å². The summed E-state index contributed by atoms with van der Waals surface area (Å²) in [6, 6.07) is 0. The fourth-order valence-electron chi connectivity index (χ4n) is 7.93. The molecule has 4 rings (SSSR count). The van der Waals surface area contributed by atoms with E-state index < -0.39 is 12.7 Å². The predicted molar refractivity (Wildman–Crippen MR) is 94.7 cm³/mol. The van der Waals surface area contributed by atoms with Gasteiger partial charge in [-0.3, -0.25) is 4.79 Å². The van der Waals surface area contributed by atoms with Crippen LogP contribution in [0.2, 0.25) is 0 Å². The van der Waals surface area contributed by atoms with Crippen LogP contribution >= 0.6 is 0 Å². The molecule has 4 nitrogen and oxygen atoms in total. The molecule has 4 aliphatic carbocycles. The van der Waals surface area contributed by atoms with Crippen LogP contribution in [0.5, 0.6) is 0 Å². The number of aliphatic hydroxyl groups is 3. The molecule has 0 spiro atoms. The average molecular weight is 350 g/mol. The first-order valence-corrected chi connectivity index (χ1v) is 10.3. The third-order valence-electron chi connectivity index (χ3n) is 9.17. The summed E-state index contributed by atoms with van der Waals surface area (Å²) in [6.07, 6.45) is 7.46. The van der Waals surface area contributed by atoms with Crippen LogP contribution in [0.25, 0.3) is 0 Å². The van der Waals surface area contributed by atoms with Crippen molar-refractivity contribution in [3.8, 4) is 0 Å². The summed E-state index contributed by atoms with van der Waals surface area (Å²) in [4.78, 5) is 12.3. The first kappa shape index (κ1) is 17.9. The lowest BCUT2D eigenvalue weighted by atomic mass is 9.44. The number of carbonyl (C=O) groups excluding carboxylic acids is 1. The molecular weight excluding hydrogens is 316 g/mol. The van der Waals surface area contributed by atoms with Gasteiger partial charge in [0.25, 0.3) is 0 Å². The van der Waals surface area contributed by atoms with Gasteiger partial charge < -0.3 is 15.3 Å². The van der Waals surface area contributed by atoms with Gasteiger partial charge in [0.05, 0.1) is 18.1 Å². The van der Waals surface area contributed by atoms with Gasteiger partial charge >= 0.3 is 0 Å². The van der Waals surface area contributed by atoms with Crippen molar-refractivity contribution in [3.63, 3.8) is 0 Å². The van der Waals surface area contributed by atoms with Gasteiger partial charge in [-0.1, -0.05) is 13.8 Å². The molecule has 0 bridgehead atoms. The number of hydrogen-bond acceptors (Lipinski definition) is 4. The number of carbonyl (C=O) groups is 1. The molecule has 4 aliphatic rings. The van der Waals surface area contributed by atoms with Crippen LogP contribution in [0.15, 0.2) is 0 Å². The Labute approximate surface area is 151 Å². The zero-order chi connectivity index (χ0) is 18.0. The lowest BCUT2D eigenvalue weighted by Crippen LogP contribution is -2.54. The number of rotatable bonds is 2. The summed E-state index contributed by atoms with van der Waals surface area (Å²) in [7, 11) is 0. The second-order valence-corrected chi connectivity index (χ2v) is 10.0. The summed E-state index contributed by atoms with van der Waals surface area (Å²) in [5.74, 6) is 1.71. The Morgan fingerprint density at radius 1 is 0.960 bits per heavy atom. The normalized spacial score (nSPS) is 55.2. The van der Waals surface area contributed by atoms with E-state index in [4.69, 9.17) is 0 Å². The van der Waals surface area contributed by atoms with Crippen LogP contribution in [-0.4, -0.2) is 39.9 Å². The van der Waals surface area contributed by atoms with Gasteiger partial charge in [-0.05, 0) is 85.9 Å². The molecule has 3 N–H and O–H groups in total. The minimum absolute atomic E-state index is 0.122. The van der Waals surface area contributed by atoms with Crippen molar-refractivity contribution in [3.05, 3.63) is 0 Å². The van der Waals surface area contributed by atoms with Crippen LogP contribution in [0.1, 0.15) is 65.2 Å². The molecule has 0 heterocycles. The van der Waals surface area contributed by atoms with Crippen molar-refractivity contribution in [2.45, 2.75) is 77.4 Å². The quantitative estimate of drug-likeness (QED) is 0.715. The topological polar surface area (TPSA) is 77.8 Å². The lowest BCUT2D eigenvalue weighted by Gasteiger charge is -2.60. The van der Waals surface area contributed by atoms with Gasteiger partial charge in [0.15, 0.2) is 5.78 Å². The molecule has 0 amide bonds. The van der Waals surface area contributed by atoms with Gasteiger partial charge in [-0.25, -0.2) is 0 Å². The third kappa shape index (κ3) is 2.47. The lowest BCUT2D eigenvalue weighted by molar-refractivity contribution is -0.143. The first-order valence-electron chi connectivity index (χ1n) is 10.3. The summed E-state index contributed by atoms with van der Waals surface area (Å²) in [5, 5.41) is 30.1. The summed E-state index contributed by atoms with van der Waals surface area (Å²) < 4.78 is 0. The molecule has 4 fully saturated rings. The molecule has 0 aromatic heterocycles. The molecule has 0 aliphatic heterocycles. The maximum Gasteiger partial charge on any atom is 0.164 e. The Bertz CT molecular complexity index is 548. The molecule has 25 heavy (non-hydrogen) atoms. The van der Waals surface area contributed by atoms with E-state index in [0.29, 0.717) is 29.1 Å². The Morgan fingerprint density at radius 2 is 1.68 bits per heavy atom. The molecule has 142 valence electrons. The van der Waals surface area contributed by atoms with Crippen molar-refractivity contribution in [2.24, 2.45) is 40.4 Å². The van der Waals surface area contributed by atoms with Crippen LogP contribution in [0.3, 0.4) is 0 Å². The summed E-state index contributed by atoms with van der Waals surface area (Å²) in [5.41, 5.74) is 0.158. The van der Waals surface area contributed by atoms with E-state index in [2.05, 4.69) is 13.8 Å². The van der Waals surface area contributed by atoms with Crippen molar-refractivity contribution >= 4 is 5.78 Å². The highest BCUT2D eigenvalue weighted by atomic mass is 16.3. The second-order valence-electron chi connectivity index (χ2n) is 10.0. The maximum absolute atomic E-state index is 12.3. The standard InChI is InChI=1S/C21H34O4/c1-20-7-5-13(23)9-12(20)3-4-14-15(20)6-8-21(2)16(14)10-17(24)19(21)18(25)11-22/h12-17,19,22-24H,3-11H2,1-2H3/t12?,13?,14-,15+,16+,17?,19-,20+,21+/m1/s1. The van der Waals surface area contributed by atoms with Crippen molar-refractivity contribution in [1.82, 2.24) is 0 Å². The number of aliphatic hydroxyl groups excluding tert-OH is 3. The molecule has 4 heteroatoms. The molecule has 4 saturated carbocycles. The molecular formula is C21H34O4. The minimum atomic E-state index is -0.591. The van der Waals surface area contributed by atoms with Crippen molar-refractivity contribution in [2.75, 3.05) is 6.61 Å². The zero-order valence-electron chi connectivity index (χ0n) is 15.7. The first-order chi connectivity index (χ1) is 11.8. The van der Waals surface area contributed by atoms with E-state index in [0.717, 1.165) is 38.5 Å². The Balaban J connectivity index is 1.63. The van der Waals surface area contributed by atoms with E-state index in [1.807, 2.05) is 0 Å². The Kier molecular flexibility index (Phi) is 4.33. The molecule has 0 radical (unpaired) electrons. The highest BCUT2D eigenvalue weighted by molar-refractivity contribution is 5.83. The van der Waals surface area contributed by atoms with Gasteiger partial charge in [0.2, 0.25) is 0 Å². The maximum atomic E-state index is 12.3. The minimum Gasteiger partial charge on any atom is -0.393 e. The van der Waals surface area contributed by atoms with E-state index in [-0.39, 0.29) is 23.2 Å². The van der Waals surface area contributed by atoms with Crippen LogP contribution < -0.4 is 0 Å². The van der Waals surface area contributed by atoms with Crippen LogP contribution in [-0.2, 0) is 4.79 Å². The molecule has 0 saturated heterocycles. The van der Waals surface area contributed by atoms with Gasteiger partial charge in [0, 0.05) is 0 Å². The summed E-state index contributed by atoms with van der Waals surface area (Å²) in [6.45, 7) is 4.20. The second kappa shape index (κ2) is 6.03. The van der Waals surface area contributed by atoms with Gasteiger partial charge in [0.1, 0.15) is 6.61 Å². The number of ketones is 1. The Hall–Kier alpha value is -0.450. The zero-order valence-corrected chi connectivity index (χ0v) is 15.7. The summed E-state index contributed by atoms with van der Waals surface area (Å²) >= 11 is 0. The van der Waals surface area contributed by atoms with Crippen LogP contribution in [0.4, 0.5) is 0 Å². The van der Waals surface area contributed by atoms with Crippen LogP contribution in [0, 0.1) is 40.4 Å². The highest BCUT2D eigenvalue weighted by Gasteiger charge is 2.63. The molecule has 9 atom stereocenters. The SMILES string of the molecule is C[C@]12CC[C@H]3[C@@H](CCC4CC(O)CC[C@@]43C)[C@@H]1CC(O)[C@@H]2C(=O)CO. The van der Waals surface area contributed by atoms with Gasteiger partial charge in [-0.2, -0.15) is 0 Å². The van der Waals surface area contributed by atoms with Crippen molar-refractivity contribution in [1.29, 1.82) is 0 Å². The number of Topliss-reactive ketones (excluding diaryl/α,β-unsaturated/α-hetero) is 1.